The summed E-state index contributed by atoms with van der Waals surface area (Å²) in [6, 6.07) is 0.390. The maximum Gasteiger partial charge on any atom is 0.234 e. The highest BCUT2D eigenvalue weighted by Gasteiger charge is 2.26. The Hall–Kier alpha value is -0.650. The second-order valence-corrected chi connectivity index (χ2v) is 4.66. The van der Waals surface area contributed by atoms with Crippen molar-refractivity contribution < 1.29 is 14.6 Å². The maximum absolute atomic E-state index is 11.5. The minimum atomic E-state index is -0.343. The van der Waals surface area contributed by atoms with Crippen molar-refractivity contribution in [2.75, 3.05) is 26.9 Å². The average molecular weight is 230 g/mol. The molecule has 0 radical (unpaired) electrons. The molecule has 1 atom stereocenters. The Morgan fingerprint density at radius 2 is 2.25 bits per heavy atom. The van der Waals surface area contributed by atoms with Gasteiger partial charge in [-0.25, -0.2) is 0 Å². The van der Waals surface area contributed by atoms with Crippen LogP contribution >= 0.6 is 0 Å². The molecule has 16 heavy (non-hydrogen) atoms. The van der Waals surface area contributed by atoms with E-state index in [1.54, 1.807) is 7.11 Å². The van der Waals surface area contributed by atoms with Gasteiger partial charge in [0.05, 0.1) is 13.2 Å². The summed E-state index contributed by atoms with van der Waals surface area (Å²) in [7, 11) is 1.61. The average Bonchev–Trinajstić information content (AvgIpc) is 3.00. The SMILES string of the molecule is COCC(C)(CCO)NCC(=O)NC1CC1. The van der Waals surface area contributed by atoms with E-state index in [2.05, 4.69) is 10.6 Å². The zero-order valence-corrected chi connectivity index (χ0v) is 10.1. The maximum atomic E-state index is 11.5. The monoisotopic (exact) mass is 230 g/mol. The van der Waals surface area contributed by atoms with Crippen molar-refractivity contribution in [1.29, 1.82) is 0 Å². The summed E-state index contributed by atoms with van der Waals surface area (Å²) in [5, 5.41) is 15.0. The largest absolute Gasteiger partial charge is 0.396 e. The summed E-state index contributed by atoms with van der Waals surface area (Å²) in [6.45, 7) is 2.77. The third kappa shape index (κ3) is 4.92. The van der Waals surface area contributed by atoms with Gasteiger partial charge in [0, 0.05) is 25.3 Å². The molecule has 1 aliphatic rings. The first-order valence-corrected chi connectivity index (χ1v) is 5.74. The number of carbonyl (C=O) groups is 1. The predicted octanol–water partition coefficient (Wildman–Crippen LogP) is -0.358. The van der Waals surface area contributed by atoms with Gasteiger partial charge >= 0.3 is 0 Å². The van der Waals surface area contributed by atoms with Crippen molar-refractivity contribution in [2.24, 2.45) is 0 Å². The number of aliphatic hydroxyl groups excluding tert-OH is 1. The van der Waals surface area contributed by atoms with Gasteiger partial charge in [0.15, 0.2) is 0 Å². The molecule has 5 nitrogen and oxygen atoms in total. The Kier molecular flexibility index (Phi) is 5.18. The van der Waals surface area contributed by atoms with Crippen LogP contribution in [0.5, 0.6) is 0 Å². The van der Waals surface area contributed by atoms with Gasteiger partial charge in [-0.3, -0.25) is 4.79 Å². The van der Waals surface area contributed by atoms with Gasteiger partial charge in [0.25, 0.3) is 0 Å². The van der Waals surface area contributed by atoms with Crippen LogP contribution in [0.1, 0.15) is 26.2 Å². The Morgan fingerprint density at radius 3 is 2.75 bits per heavy atom. The van der Waals surface area contributed by atoms with Gasteiger partial charge in [-0.15, -0.1) is 0 Å². The molecule has 0 aromatic rings. The first kappa shape index (κ1) is 13.4. The molecule has 1 unspecified atom stereocenters. The lowest BCUT2D eigenvalue weighted by atomic mass is 9.99. The molecule has 1 saturated carbocycles. The zero-order chi connectivity index (χ0) is 12.0. The third-order valence-corrected chi connectivity index (χ3v) is 2.74. The lowest BCUT2D eigenvalue weighted by Crippen LogP contribution is -2.51. The molecular weight excluding hydrogens is 208 g/mol. The smallest absolute Gasteiger partial charge is 0.234 e. The van der Waals surface area contributed by atoms with Gasteiger partial charge in [0.2, 0.25) is 5.91 Å². The summed E-state index contributed by atoms with van der Waals surface area (Å²) in [6.07, 6.45) is 2.76. The first-order chi connectivity index (χ1) is 7.59. The molecule has 1 amide bonds. The van der Waals surface area contributed by atoms with Crippen molar-refractivity contribution in [1.82, 2.24) is 10.6 Å². The standard InChI is InChI=1S/C11H22N2O3/c1-11(5-6-14,8-16-2)12-7-10(15)13-9-3-4-9/h9,12,14H,3-8H2,1-2H3,(H,13,15). The van der Waals surface area contributed by atoms with Crippen LogP contribution in [0.3, 0.4) is 0 Å². The van der Waals surface area contributed by atoms with Crippen molar-refractivity contribution in [3.05, 3.63) is 0 Å². The predicted molar refractivity (Wildman–Crippen MR) is 61.2 cm³/mol. The van der Waals surface area contributed by atoms with Crippen LogP contribution < -0.4 is 10.6 Å². The van der Waals surface area contributed by atoms with Crippen molar-refractivity contribution >= 4 is 5.91 Å². The Morgan fingerprint density at radius 1 is 1.56 bits per heavy atom. The van der Waals surface area contributed by atoms with Gasteiger partial charge < -0.3 is 20.5 Å². The number of ether oxygens (including phenoxy) is 1. The number of amides is 1. The molecule has 0 aromatic carbocycles. The summed E-state index contributed by atoms with van der Waals surface area (Å²) >= 11 is 0. The topological polar surface area (TPSA) is 70.6 Å². The quantitative estimate of drug-likeness (QED) is 0.532. The van der Waals surface area contributed by atoms with Crippen molar-refractivity contribution in [3.8, 4) is 0 Å². The second kappa shape index (κ2) is 6.18. The van der Waals surface area contributed by atoms with E-state index in [1.165, 1.54) is 0 Å². The van der Waals surface area contributed by atoms with E-state index in [0.29, 0.717) is 19.1 Å². The fourth-order valence-corrected chi connectivity index (χ4v) is 1.58. The molecule has 0 aromatic heterocycles. The van der Waals surface area contributed by atoms with Crippen LogP contribution in [0.2, 0.25) is 0 Å². The van der Waals surface area contributed by atoms with Crippen LogP contribution in [0.4, 0.5) is 0 Å². The minimum absolute atomic E-state index is 0.0165. The highest BCUT2D eigenvalue weighted by Crippen LogP contribution is 2.18. The van der Waals surface area contributed by atoms with Gasteiger partial charge in [-0.1, -0.05) is 0 Å². The summed E-state index contributed by atoms with van der Waals surface area (Å²) in [4.78, 5) is 11.5. The summed E-state index contributed by atoms with van der Waals surface area (Å²) in [5.41, 5.74) is -0.343. The van der Waals surface area contributed by atoms with Crippen molar-refractivity contribution in [3.63, 3.8) is 0 Å². The van der Waals surface area contributed by atoms with Crippen molar-refractivity contribution in [2.45, 2.75) is 37.8 Å². The molecule has 0 spiro atoms. The lowest BCUT2D eigenvalue weighted by molar-refractivity contribution is -0.120. The normalized spacial score (nSPS) is 19.2. The molecule has 0 saturated heterocycles. The molecule has 1 fully saturated rings. The fourth-order valence-electron chi connectivity index (χ4n) is 1.58. The molecule has 0 heterocycles. The Bertz CT molecular complexity index is 223. The van der Waals surface area contributed by atoms with Crippen LogP contribution in [0.15, 0.2) is 0 Å². The van der Waals surface area contributed by atoms with E-state index < -0.39 is 0 Å². The zero-order valence-electron chi connectivity index (χ0n) is 10.1. The number of carbonyl (C=O) groups excluding carboxylic acids is 1. The van der Waals surface area contributed by atoms with Gasteiger partial charge in [0.1, 0.15) is 0 Å². The summed E-state index contributed by atoms with van der Waals surface area (Å²) in [5.74, 6) is 0.0165. The van der Waals surface area contributed by atoms with E-state index in [1.807, 2.05) is 6.92 Å². The van der Waals surface area contributed by atoms with Gasteiger partial charge in [-0.05, 0) is 26.2 Å². The van der Waals surface area contributed by atoms with Crippen LogP contribution in [-0.2, 0) is 9.53 Å². The van der Waals surface area contributed by atoms with E-state index in [4.69, 9.17) is 9.84 Å². The van der Waals surface area contributed by atoms with Crippen LogP contribution in [-0.4, -0.2) is 49.5 Å². The second-order valence-electron chi connectivity index (χ2n) is 4.66. The van der Waals surface area contributed by atoms with Crippen LogP contribution in [0.25, 0.3) is 0 Å². The molecule has 1 aliphatic carbocycles. The molecule has 94 valence electrons. The molecule has 0 bridgehead atoms. The molecule has 0 aliphatic heterocycles. The van der Waals surface area contributed by atoms with E-state index >= 15 is 0 Å². The lowest BCUT2D eigenvalue weighted by Gasteiger charge is -2.29. The minimum Gasteiger partial charge on any atom is -0.396 e. The fraction of sp³-hybridized carbons (Fsp3) is 0.909. The number of hydrogen-bond acceptors (Lipinski definition) is 4. The van der Waals surface area contributed by atoms with E-state index in [0.717, 1.165) is 12.8 Å². The number of aliphatic hydroxyl groups is 1. The molecule has 5 heteroatoms. The highest BCUT2D eigenvalue weighted by atomic mass is 16.5. The summed E-state index contributed by atoms with van der Waals surface area (Å²) < 4.78 is 5.08. The molecule has 1 rings (SSSR count). The molecular formula is C11H22N2O3. The van der Waals surface area contributed by atoms with Gasteiger partial charge in [-0.2, -0.15) is 0 Å². The number of methoxy groups -OCH3 is 1. The van der Waals surface area contributed by atoms with Crippen LogP contribution in [0, 0.1) is 0 Å². The number of nitrogens with one attached hydrogen (secondary N) is 2. The third-order valence-electron chi connectivity index (χ3n) is 2.74. The Labute approximate surface area is 96.6 Å². The molecule has 3 N–H and O–H groups in total. The van der Waals surface area contributed by atoms with E-state index in [9.17, 15) is 4.79 Å². The Balaban J connectivity index is 2.26. The number of hydrogen-bond donors (Lipinski definition) is 3. The van der Waals surface area contributed by atoms with E-state index in [-0.39, 0.29) is 24.6 Å². The number of rotatable bonds is 8. The highest BCUT2D eigenvalue weighted by molar-refractivity contribution is 5.78. The first-order valence-electron chi connectivity index (χ1n) is 5.74.